The van der Waals surface area contributed by atoms with Crippen LogP contribution >= 0.6 is 0 Å². The molecule has 3 rings (SSSR count). The summed E-state index contributed by atoms with van der Waals surface area (Å²) < 4.78 is 13.7. The maximum absolute atomic E-state index is 13.7. The summed E-state index contributed by atoms with van der Waals surface area (Å²) in [7, 11) is 0. The number of carbonyl (C=O) groups is 1. The Labute approximate surface area is 118 Å². The van der Waals surface area contributed by atoms with Crippen molar-refractivity contribution < 1.29 is 9.18 Å². The van der Waals surface area contributed by atoms with E-state index in [-0.39, 0.29) is 11.6 Å². The van der Waals surface area contributed by atoms with Crippen molar-refractivity contribution in [3.8, 4) is 0 Å². The maximum Gasteiger partial charge on any atom is 0.163 e. The number of rotatable bonds is 4. The SMILES string of the molecule is O=C(CCC1CCCC1)c1ccc(F)c2ccccc12. The molecule has 2 heteroatoms. The number of hydrogen-bond acceptors (Lipinski definition) is 1. The molecular formula is C18H19FO. The van der Waals surface area contributed by atoms with E-state index in [0.29, 0.717) is 23.3 Å². The highest BCUT2D eigenvalue weighted by Crippen LogP contribution is 2.30. The molecule has 1 saturated carbocycles. The average molecular weight is 270 g/mol. The van der Waals surface area contributed by atoms with Crippen LogP contribution in [0.1, 0.15) is 48.9 Å². The van der Waals surface area contributed by atoms with Crippen LogP contribution in [0.2, 0.25) is 0 Å². The fraction of sp³-hybridized carbons (Fsp3) is 0.389. The molecule has 0 N–H and O–H groups in total. The van der Waals surface area contributed by atoms with Crippen LogP contribution in [0.25, 0.3) is 10.8 Å². The monoisotopic (exact) mass is 270 g/mol. The summed E-state index contributed by atoms with van der Waals surface area (Å²) >= 11 is 0. The minimum atomic E-state index is -0.257. The Morgan fingerprint density at radius 3 is 2.50 bits per heavy atom. The van der Waals surface area contributed by atoms with Gasteiger partial charge in [0.15, 0.2) is 5.78 Å². The topological polar surface area (TPSA) is 17.1 Å². The highest BCUT2D eigenvalue weighted by Gasteiger charge is 2.18. The third kappa shape index (κ3) is 2.60. The largest absolute Gasteiger partial charge is 0.294 e. The van der Waals surface area contributed by atoms with Crippen LogP contribution in [0.15, 0.2) is 36.4 Å². The first-order chi connectivity index (χ1) is 9.75. The fourth-order valence-electron chi connectivity index (χ4n) is 3.27. The second-order valence-electron chi connectivity index (χ2n) is 5.75. The molecule has 0 bridgehead atoms. The van der Waals surface area contributed by atoms with Crippen LogP contribution in [-0.2, 0) is 0 Å². The zero-order chi connectivity index (χ0) is 13.9. The van der Waals surface area contributed by atoms with Crippen molar-refractivity contribution in [1.29, 1.82) is 0 Å². The highest BCUT2D eigenvalue weighted by atomic mass is 19.1. The predicted octanol–water partition coefficient (Wildman–Crippen LogP) is 5.13. The fourth-order valence-corrected chi connectivity index (χ4v) is 3.27. The molecule has 1 fully saturated rings. The summed E-state index contributed by atoms with van der Waals surface area (Å²) in [6.45, 7) is 0. The summed E-state index contributed by atoms with van der Waals surface area (Å²) in [6.07, 6.45) is 6.69. The molecular weight excluding hydrogens is 251 g/mol. The second-order valence-corrected chi connectivity index (χ2v) is 5.75. The Balaban J connectivity index is 1.82. The van der Waals surface area contributed by atoms with Gasteiger partial charge >= 0.3 is 0 Å². The highest BCUT2D eigenvalue weighted by molar-refractivity contribution is 6.08. The molecule has 0 saturated heterocycles. The van der Waals surface area contributed by atoms with E-state index < -0.39 is 0 Å². The second kappa shape index (κ2) is 5.74. The molecule has 0 unspecified atom stereocenters. The molecule has 0 aliphatic heterocycles. The Morgan fingerprint density at radius 2 is 1.75 bits per heavy atom. The molecule has 0 atom stereocenters. The van der Waals surface area contributed by atoms with Crippen molar-refractivity contribution in [3.63, 3.8) is 0 Å². The van der Waals surface area contributed by atoms with Crippen molar-refractivity contribution in [2.75, 3.05) is 0 Å². The van der Waals surface area contributed by atoms with Gasteiger partial charge in [-0.1, -0.05) is 49.9 Å². The quantitative estimate of drug-likeness (QED) is 0.704. The standard InChI is InChI=1S/C18H19FO/c19-17-11-10-16(14-7-3-4-8-15(14)17)18(20)12-9-13-5-1-2-6-13/h3-4,7-8,10-11,13H,1-2,5-6,9,12H2. The van der Waals surface area contributed by atoms with E-state index in [1.54, 1.807) is 18.2 Å². The van der Waals surface area contributed by atoms with Crippen LogP contribution in [0.4, 0.5) is 4.39 Å². The van der Waals surface area contributed by atoms with Gasteiger partial charge in [-0.2, -0.15) is 0 Å². The molecule has 2 aromatic carbocycles. The molecule has 0 aromatic heterocycles. The van der Waals surface area contributed by atoms with Crippen molar-refractivity contribution in [3.05, 3.63) is 47.8 Å². The van der Waals surface area contributed by atoms with Crippen molar-refractivity contribution in [2.45, 2.75) is 38.5 Å². The zero-order valence-electron chi connectivity index (χ0n) is 11.6. The van der Waals surface area contributed by atoms with E-state index >= 15 is 0 Å². The molecule has 1 nitrogen and oxygen atoms in total. The lowest BCUT2D eigenvalue weighted by Gasteiger charge is -2.10. The number of benzene rings is 2. The van der Waals surface area contributed by atoms with Gasteiger partial charge in [0.25, 0.3) is 0 Å². The summed E-state index contributed by atoms with van der Waals surface area (Å²) in [5.41, 5.74) is 0.667. The van der Waals surface area contributed by atoms with E-state index in [0.717, 1.165) is 11.8 Å². The molecule has 0 heterocycles. The minimum Gasteiger partial charge on any atom is -0.294 e. The van der Waals surface area contributed by atoms with Gasteiger partial charge in [-0.05, 0) is 29.9 Å². The summed E-state index contributed by atoms with van der Waals surface area (Å²) in [5.74, 6) is 0.603. The zero-order valence-corrected chi connectivity index (χ0v) is 11.6. The number of carbonyl (C=O) groups excluding carboxylic acids is 1. The average Bonchev–Trinajstić information content (AvgIpc) is 2.99. The summed E-state index contributed by atoms with van der Waals surface area (Å²) in [4.78, 5) is 12.4. The molecule has 1 aliphatic carbocycles. The third-order valence-electron chi connectivity index (χ3n) is 4.43. The number of halogens is 1. The lowest BCUT2D eigenvalue weighted by atomic mass is 9.94. The van der Waals surface area contributed by atoms with Gasteiger partial charge in [-0.15, -0.1) is 0 Å². The van der Waals surface area contributed by atoms with Gasteiger partial charge in [0.2, 0.25) is 0 Å². The van der Waals surface area contributed by atoms with E-state index in [1.807, 2.05) is 12.1 Å². The molecule has 20 heavy (non-hydrogen) atoms. The van der Waals surface area contributed by atoms with E-state index in [1.165, 1.54) is 31.7 Å². The van der Waals surface area contributed by atoms with Gasteiger partial charge < -0.3 is 0 Å². The molecule has 2 aromatic rings. The van der Waals surface area contributed by atoms with Gasteiger partial charge in [-0.3, -0.25) is 4.79 Å². The molecule has 0 radical (unpaired) electrons. The van der Waals surface area contributed by atoms with Crippen molar-refractivity contribution in [2.24, 2.45) is 5.92 Å². The number of hydrogen-bond donors (Lipinski definition) is 0. The molecule has 1 aliphatic rings. The van der Waals surface area contributed by atoms with Gasteiger partial charge in [0.1, 0.15) is 5.82 Å². The first-order valence-electron chi connectivity index (χ1n) is 7.46. The molecule has 0 amide bonds. The van der Waals surface area contributed by atoms with Crippen molar-refractivity contribution >= 4 is 16.6 Å². The maximum atomic E-state index is 13.7. The van der Waals surface area contributed by atoms with Crippen LogP contribution in [0.3, 0.4) is 0 Å². The van der Waals surface area contributed by atoms with Crippen LogP contribution in [0, 0.1) is 11.7 Å². The Morgan fingerprint density at radius 1 is 1.05 bits per heavy atom. The van der Waals surface area contributed by atoms with Crippen LogP contribution in [-0.4, -0.2) is 5.78 Å². The number of fused-ring (bicyclic) bond motifs is 1. The van der Waals surface area contributed by atoms with Gasteiger partial charge in [-0.25, -0.2) is 4.39 Å². The van der Waals surface area contributed by atoms with Gasteiger partial charge in [0.05, 0.1) is 0 Å². The Bertz CT molecular complexity index is 626. The lowest BCUT2D eigenvalue weighted by molar-refractivity contribution is 0.0975. The van der Waals surface area contributed by atoms with E-state index in [4.69, 9.17) is 0 Å². The molecule has 104 valence electrons. The summed E-state index contributed by atoms with van der Waals surface area (Å²) in [6, 6.07) is 10.3. The lowest BCUT2D eigenvalue weighted by Crippen LogP contribution is -2.04. The summed E-state index contributed by atoms with van der Waals surface area (Å²) in [5, 5.41) is 1.28. The van der Waals surface area contributed by atoms with Crippen molar-refractivity contribution in [1.82, 2.24) is 0 Å². The smallest absolute Gasteiger partial charge is 0.163 e. The third-order valence-corrected chi connectivity index (χ3v) is 4.43. The molecule has 0 spiro atoms. The first-order valence-corrected chi connectivity index (χ1v) is 7.46. The predicted molar refractivity (Wildman–Crippen MR) is 79.4 cm³/mol. The normalized spacial score (nSPS) is 15.8. The first kappa shape index (κ1) is 13.3. The van der Waals surface area contributed by atoms with E-state index in [2.05, 4.69) is 0 Å². The minimum absolute atomic E-state index is 0.146. The van der Waals surface area contributed by atoms with Gasteiger partial charge in [0, 0.05) is 17.4 Å². The Hall–Kier alpha value is -1.70. The number of Topliss-reactive ketones (excluding diaryl/α,β-unsaturated/α-hetero) is 1. The Kier molecular flexibility index (Phi) is 3.81. The number of ketones is 1. The van der Waals surface area contributed by atoms with Crippen LogP contribution in [0.5, 0.6) is 0 Å². The van der Waals surface area contributed by atoms with E-state index in [9.17, 15) is 9.18 Å². The van der Waals surface area contributed by atoms with Crippen LogP contribution < -0.4 is 0 Å².